The highest BCUT2D eigenvalue weighted by Gasteiger charge is 2.34. The first-order valence-corrected chi connectivity index (χ1v) is 3.75. The molecule has 0 radical (unpaired) electrons. The van der Waals surface area contributed by atoms with Crippen molar-refractivity contribution in [2.45, 2.75) is 25.2 Å². The van der Waals surface area contributed by atoms with E-state index >= 15 is 0 Å². The predicted molar refractivity (Wildman–Crippen MR) is 38.0 cm³/mol. The summed E-state index contributed by atoms with van der Waals surface area (Å²) in [6, 6.07) is 0. The molecule has 4 atom stereocenters. The van der Waals surface area contributed by atoms with Gasteiger partial charge in [-0.25, -0.2) is 0 Å². The summed E-state index contributed by atoms with van der Waals surface area (Å²) in [4.78, 5) is 0. The van der Waals surface area contributed by atoms with E-state index in [4.69, 9.17) is 14.9 Å². The van der Waals surface area contributed by atoms with Gasteiger partial charge in [-0.2, -0.15) is 0 Å². The molecule has 1 fully saturated rings. The van der Waals surface area contributed by atoms with Crippen LogP contribution in [-0.2, 0) is 4.74 Å². The maximum atomic E-state index is 9.31. The molecular formula is C7H14O4. The van der Waals surface area contributed by atoms with E-state index in [1.54, 1.807) is 6.92 Å². The second kappa shape index (κ2) is 3.49. The van der Waals surface area contributed by atoms with Gasteiger partial charge in [0.15, 0.2) is 0 Å². The minimum absolute atomic E-state index is 0.106. The Morgan fingerprint density at radius 3 is 2.64 bits per heavy atom. The molecule has 0 aliphatic carbocycles. The van der Waals surface area contributed by atoms with Crippen LogP contribution in [-0.4, -0.2) is 46.8 Å². The molecular weight excluding hydrogens is 148 g/mol. The molecule has 11 heavy (non-hydrogen) atoms. The summed E-state index contributed by atoms with van der Waals surface area (Å²) >= 11 is 0. The van der Waals surface area contributed by atoms with Crippen LogP contribution in [0, 0.1) is 5.92 Å². The Morgan fingerprint density at radius 1 is 1.45 bits per heavy atom. The molecule has 4 unspecified atom stereocenters. The minimum atomic E-state index is -0.812. The third kappa shape index (κ3) is 1.70. The second-order valence-electron chi connectivity index (χ2n) is 2.97. The number of hydrogen-bond acceptors (Lipinski definition) is 4. The summed E-state index contributed by atoms with van der Waals surface area (Å²) in [5.41, 5.74) is 0. The Bertz CT molecular complexity index is 126. The zero-order chi connectivity index (χ0) is 8.43. The van der Waals surface area contributed by atoms with Crippen molar-refractivity contribution in [2.75, 3.05) is 13.2 Å². The normalized spacial score (nSPS) is 45.8. The van der Waals surface area contributed by atoms with Crippen LogP contribution in [0.5, 0.6) is 0 Å². The molecule has 1 saturated heterocycles. The first kappa shape index (κ1) is 8.93. The van der Waals surface area contributed by atoms with Gasteiger partial charge < -0.3 is 20.1 Å². The molecule has 1 aliphatic heterocycles. The molecule has 0 aromatic rings. The molecule has 0 aromatic heterocycles. The van der Waals surface area contributed by atoms with Crippen molar-refractivity contribution in [1.29, 1.82) is 0 Å². The second-order valence-corrected chi connectivity index (χ2v) is 2.97. The summed E-state index contributed by atoms with van der Waals surface area (Å²) < 4.78 is 5.06. The molecule has 0 amide bonds. The van der Waals surface area contributed by atoms with E-state index < -0.39 is 12.2 Å². The Kier molecular flexibility index (Phi) is 2.84. The molecule has 1 rings (SSSR count). The van der Waals surface area contributed by atoms with Crippen molar-refractivity contribution in [3.05, 3.63) is 0 Å². The fourth-order valence-electron chi connectivity index (χ4n) is 1.26. The standard InChI is InChI=1S/C7H14O4/c1-4-6(2-8)11-3-5(9)7(4)10/h4-10H,2-3H2,1H3. The van der Waals surface area contributed by atoms with Crippen molar-refractivity contribution >= 4 is 0 Å². The zero-order valence-corrected chi connectivity index (χ0v) is 6.47. The van der Waals surface area contributed by atoms with Gasteiger partial charge >= 0.3 is 0 Å². The van der Waals surface area contributed by atoms with Crippen molar-refractivity contribution < 1.29 is 20.1 Å². The monoisotopic (exact) mass is 162 g/mol. The third-order valence-corrected chi connectivity index (χ3v) is 2.18. The molecule has 0 aromatic carbocycles. The lowest BCUT2D eigenvalue weighted by atomic mass is 9.92. The van der Waals surface area contributed by atoms with Crippen LogP contribution < -0.4 is 0 Å². The van der Waals surface area contributed by atoms with E-state index in [2.05, 4.69) is 0 Å². The van der Waals surface area contributed by atoms with E-state index in [0.717, 1.165) is 0 Å². The van der Waals surface area contributed by atoms with Crippen molar-refractivity contribution in [3.63, 3.8) is 0 Å². The molecule has 3 N–H and O–H groups in total. The van der Waals surface area contributed by atoms with E-state index in [1.807, 2.05) is 0 Å². The fraction of sp³-hybridized carbons (Fsp3) is 1.00. The number of ether oxygens (including phenoxy) is 1. The molecule has 66 valence electrons. The molecule has 0 spiro atoms. The van der Waals surface area contributed by atoms with Crippen LogP contribution in [0.15, 0.2) is 0 Å². The van der Waals surface area contributed by atoms with Crippen molar-refractivity contribution in [2.24, 2.45) is 5.92 Å². The minimum Gasteiger partial charge on any atom is -0.394 e. The van der Waals surface area contributed by atoms with Crippen molar-refractivity contribution in [3.8, 4) is 0 Å². The summed E-state index contributed by atoms with van der Waals surface area (Å²) in [6.45, 7) is 1.75. The maximum absolute atomic E-state index is 9.31. The van der Waals surface area contributed by atoms with Gasteiger partial charge in [0.25, 0.3) is 0 Å². The van der Waals surface area contributed by atoms with Gasteiger partial charge in [0, 0.05) is 5.92 Å². The number of hydrogen-bond donors (Lipinski definition) is 3. The van der Waals surface area contributed by atoms with Gasteiger partial charge in [0.1, 0.15) is 6.10 Å². The fourth-order valence-corrected chi connectivity index (χ4v) is 1.26. The maximum Gasteiger partial charge on any atom is 0.104 e. The van der Waals surface area contributed by atoms with E-state index in [1.165, 1.54) is 0 Å². The highest BCUT2D eigenvalue weighted by Crippen LogP contribution is 2.20. The molecule has 4 heteroatoms. The largest absolute Gasteiger partial charge is 0.394 e. The summed E-state index contributed by atoms with van der Waals surface area (Å²) in [6.07, 6.45) is -1.93. The Labute approximate surface area is 65.4 Å². The van der Waals surface area contributed by atoms with Gasteiger partial charge in [0.05, 0.1) is 25.4 Å². The van der Waals surface area contributed by atoms with E-state index in [-0.39, 0.29) is 25.2 Å². The van der Waals surface area contributed by atoms with Crippen molar-refractivity contribution in [1.82, 2.24) is 0 Å². The van der Waals surface area contributed by atoms with Crippen LogP contribution in [0.1, 0.15) is 6.92 Å². The van der Waals surface area contributed by atoms with E-state index in [0.29, 0.717) is 0 Å². The Hall–Kier alpha value is -0.160. The lowest BCUT2D eigenvalue weighted by molar-refractivity contribution is -0.163. The van der Waals surface area contributed by atoms with Gasteiger partial charge in [-0.3, -0.25) is 0 Å². The topological polar surface area (TPSA) is 69.9 Å². The third-order valence-electron chi connectivity index (χ3n) is 2.18. The first-order valence-electron chi connectivity index (χ1n) is 3.75. The molecule has 4 nitrogen and oxygen atoms in total. The molecule has 0 bridgehead atoms. The highest BCUT2D eigenvalue weighted by atomic mass is 16.5. The van der Waals surface area contributed by atoms with Gasteiger partial charge in [-0.05, 0) is 0 Å². The average molecular weight is 162 g/mol. The summed E-state index contributed by atoms with van der Waals surface area (Å²) in [5.74, 6) is -0.205. The SMILES string of the molecule is CC1C(CO)OCC(O)C1O. The van der Waals surface area contributed by atoms with Crippen LogP contribution in [0.4, 0.5) is 0 Å². The first-order chi connectivity index (χ1) is 5.16. The lowest BCUT2D eigenvalue weighted by Crippen LogP contribution is -2.49. The molecule has 1 heterocycles. The number of aliphatic hydroxyl groups is 3. The van der Waals surface area contributed by atoms with Crippen LogP contribution in [0.2, 0.25) is 0 Å². The van der Waals surface area contributed by atoms with E-state index in [9.17, 15) is 5.11 Å². The average Bonchev–Trinajstić information content (AvgIpc) is 2.01. The van der Waals surface area contributed by atoms with Crippen LogP contribution in [0.25, 0.3) is 0 Å². The highest BCUT2D eigenvalue weighted by molar-refractivity contribution is 4.83. The van der Waals surface area contributed by atoms with Gasteiger partial charge in [0.2, 0.25) is 0 Å². The lowest BCUT2D eigenvalue weighted by Gasteiger charge is -2.35. The number of aliphatic hydroxyl groups excluding tert-OH is 3. The molecule has 1 aliphatic rings. The van der Waals surface area contributed by atoms with Gasteiger partial charge in [-0.1, -0.05) is 6.92 Å². The van der Waals surface area contributed by atoms with Crippen LogP contribution >= 0.6 is 0 Å². The van der Waals surface area contributed by atoms with Gasteiger partial charge in [-0.15, -0.1) is 0 Å². The smallest absolute Gasteiger partial charge is 0.104 e. The summed E-state index contributed by atoms with van der Waals surface area (Å²) in [5, 5.41) is 27.2. The predicted octanol–water partition coefficient (Wildman–Crippen LogP) is -1.26. The summed E-state index contributed by atoms with van der Waals surface area (Å²) in [7, 11) is 0. The zero-order valence-electron chi connectivity index (χ0n) is 6.47. The Balaban J connectivity index is 2.52. The quantitative estimate of drug-likeness (QED) is 0.450. The number of rotatable bonds is 1. The molecule has 0 saturated carbocycles. The Morgan fingerprint density at radius 2 is 2.09 bits per heavy atom. The van der Waals surface area contributed by atoms with Crippen LogP contribution in [0.3, 0.4) is 0 Å².